The van der Waals surface area contributed by atoms with Gasteiger partial charge in [-0.25, -0.2) is 0 Å². The van der Waals surface area contributed by atoms with Crippen LogP contribution in [0.25, 0.3) is 0 Å². The molecule has 7 heteroatoms. The van der Waals surface area contributed by atoms with E-state index in [-0.39, 0.29) is 24.0 Å². The van der Waals surface area contributed by atoms with Gasteiger partial charge in [-0.05, 0) is 32.6 Å². The summed E-state index contributed by atoms with van der Waals surface area (Å²) < 4.78 is 11.6. The molecule has 4 fully saturated rings. The minimum atomic E-state index is 0. The van der Waals surface area contributed by atoms with Crippen LogP contribution in [0.2, 0.25) is 0 Å². The van der Waals surface area contributed by atoms with Crippen molar-refractivity contribution in [3.8, 4) is 0 Å². The molecular formula is C21H39IN4O2. The first-order chi connectivity index (χ1) is 13.3. The maximum Gasteiger partial charge on any atom is 0.193 e. The maximum atomic E-state index is 6.13. The number of likely N-dealkylation sites (tertiary alicyclic amines) is 1. The van der Waals surface area contributed by atoms with Gasteiger partial charge >= 0.3 is 0 Å². The molecule has 2 heterocycles. The van der Waals surface area contributed by atoms with Crippen molar-refractivity contribution in [3.05, 3.63) is 0 Å². The Labute approximate surface area is 187 Å². The predicted octanol–water partition coefficient (Wildman–Crippen LogP) is 2.71. The number of hydrogen-bond donors (Lipinski definition) is 1. The number of hydrogen-bond acceptors (Lipinski definition) is 4. The zero-order valence-corrected chi connectivity index (χ0v) is 20.0. The van der Waals surface area contributed by atoms with E-state index in [1.165, 1.54) is 38.5 Å². The van der Waals surface area contributed by atoms with Gasteiger partial charge in [-0.3, -0.25) is 9.89 Å². The summed E-state index contributed by atoms with van der Waals surface area (Å²) in [5.74, 6) is 1.11. The van der Waals surface area contributed by atoms with Gasteiger partial charge in [0.1, 0.15) is 0 Å². The first-order valence-corrected chi connectivity index (χ1v) is 11.2. The molecule has 3 unspecified atom stereocenters. The lowest BCUT2D eigenvalue weighted by atomic mass is 9.55. The maximum absolute atomic E-state index is 6.13. The SMILES string of the molecule is CCOC1CC(NC(=NC)N2CCC(N3CCOCC3)C2)C12CCCCC2.I. The highest BCUT2D eigenvalue weighted by Crippen LogP contribution is 2.53. The molecule has 2 aliphatic heterocycles. The molecule has 0 radical (unpaired) electrons. The summed E-state index contributed by atoms with van der Waals surface area (Å²) in [6.45, 7) is 9.08. The molecule has 0 aromatic rings. The number of guanidine groups is 1. The average Bonchev–Trinajstić information content (AvgIpc) is 3.21. The van der Waals surface area contributed by atoms with Crippen LogP contribution in [0.1, 0.15) is 51.9 Å². The highest BCUT2D eigenvalue weighted by molar-refractivity contribution is 14.0. The molecule has 4 aliphatic rings. The molecule has 2 saturated carbocycles. The fourth-order valence-electron chi connectivity index (χ4n) is 5.89. The van der Waals surface area contributed by atoms with Crippen LogP contribution in [0.3, 0.4) is 0 Å². The summed E-state index contributed by atoms with van der Waals surface area (Å²) in [5, 5.41) is 3.87. The Morgan fingerprint density at radius 1 is 1.18 bits per heavy atom. The summed E-state index contributed by atoms with van der Waals surface area (Å²) in [6.07, 6.45) is 9.51. The largest absolute Gasteiger partial charge is 0.379 e. The van der Waals surface area contributed by atoms with E-state index >= 15 is 0 Å². The van der Waals surface area contributed by atoms with Crippen molar-refractivity contribution < 1.29 is 9.47 Å². The summed E-state index contributed by atoms with van der Waals surface area (Å²) in [4.78, 5) is 9.75. The van der Waals surface area contributed by atoms with Gasteiger partial charge in [0.2, 0.25) is 0 Å². The Kier molecular flexibility index (Phi) is 8.27. The van der Waals surface area contributed by atoms with E-state index in [1.807, 2.05) is 7.05 Å². The van der Waals surface area contributed by atoms with Gasteiger partial charge in [-0.2, -0.15) is 0 Å². The van der Waals surface area contributed by atoms with Crippen molar-refractivity contribution in [1.82, 2.24) is 15.1 Å². The van der Waals surface area contributed by atoms with Gasteiger partial charge in [0.25, 0.3) is 0 Å². The third-order valence-corrected chi connectivity index (χ3v) is 7.48. The van der Waals surface area contributed by atoms with Crippen LogP contribution in [-0.2, 0) is 9.47 Å². The first kappa shape index (κ1) is 22.6. The van der Waals surface area contributed by atoms with Crippen molar-refractivity contribution >= 4 is 29.9 Å². The molecule has 6 nitrogen and oxygen atoms in total. The molecule has 162 valence electrons. The Morgan fingerprint density at radius 2 is 1.93 bits per heavy atom. The van der Waals surface area contributed by atoms with Crippen molar-refractivity contribution in [3.63, 3.8) is 0 Å². The van der Waals surface area contributed by atoms with E-state index in [0.29, 0.717) is 23.6 Å². The number of nitrogens with one attached hydrogen (secondary N) is 1. The van der Waals surface area contributed by atoms with Crippen molar-refractivity contribution in [1.29, 1.82) is 0 Å². The van der Waals surface area contributed by atoms with Crippen LogP contribution in [-0.4, -0.2) is 87.0 Å². The minimum absolute atomic E-state index is 0. The summed E-state index contributed by atoms with van der Waals surface area (Å²) in [7, 11) is 1.94. The third kappa shape index (κ3) is 4.47. The van der Waals surface area contributed by atoms with E-state index in [2.05, 4.69) is 27.0 Å². The molecule has 28 heavy (non-hydrogen) atoms. The third-order valence-electron chi connectivity index (χ3n) is 7.48. The van der Waals surface area contributed by atoms with Crippen molar-refractivity contribution in [2.24, 2.45) is 10.4 Å². The predicted molar refractivity (Wildman–Crippen MR) is 124 cm³/mol. The van der Waals surface area contributed by atoms with Crippen LogP contribution in [0.15, 0.2) is 4.99 Å². The Balaban J connectivity index is 0.00000225. The van der Waals surface area contributed by atoms with Gasteiger partial charge in [-0.1, -0.05) is 19.3 Å². The second-order valence-corrected chi connectivity index (χ2v) is 8.75. The quantitative estimate of drug-likeness (QED) is 0.361. The zero-order chi connectivity index (χ0) is 18.7. The Bertz CT molecular complexity index is 521. The molecule has 0 aromatic carbocycles. The van der Waals surface area contributed by atoms with Crippen LogP contribution < -0.4 is 5.32 Å². The molecule has 0 amide bonds. The lowest BCUT2D eigenvalue weighted by Crippen LogP contribution is -2.66. The number of ether oxygens (including phenoxy) is 2. The zero-order valence-electron chi connectivity index (χ0n) is 17.7. The van der Waals surface area contributed by atoms with E-state index in [1.54, 1.807) is 0 Å². The molecule has 0 bridgehead atoms. The first-order valence-electron chi connectivity index (χ1n) is 11.2. The van der Waals surface area contributed by atoms with Gasteiger partial charge in [0.15, 0.2) is 5.96 Å². The van der Waals surface area contributed by atoms with E-state index in [0.717, 1.165) is 58.4 Å². The standard InChI is InChI=1S/C21H38N4O2.HI/c1-3-27-19-15-18(21(19)8-5-4-6-9-21)23-20(22-2)25-10-7-17(16-25)24-11-13-26-14-12-24;/h17-19H,3-16H2,1-2H3,(H,22,23);1H. The molecular weight excluding hydrogens is 467 g/mol. The highest BCUT2D eigenvalue weighted by atomic mass is 127. The molecule has 2 saturated heterocycles. The monoisotopic (exact) mass is 506 g/mol. The minimum Gasteiger partial charge on any atom is -0.379 e. The number of halogens is 1. The van der Waals surface area contributed by atoms with Gasteiger partial charge < -0.3 is 19.7 Å². The van der Waals surface area contributed by atoms with Gasteiger partial charge in [-0.15, -0.1) is 24.0 Å². The number of rotatable bonds is 4. The van der Waals surface area contributed by atoms with E-state index in [9.17, 15) is 0 Å². The second-order valence-electron chi connectivity index (χ2n) is 8.75. The Hall–Kier alpha value is -0.120. The summed E-state index contributed by atoms with van der Waals surface area (Å²) >= 11 is 0. The molecule has 1 N–H and O–H groups in total. The van der Waals surface area contributed by atoms with Crippen LogP contribution in [0, 0.1) is 5.41 Å². The van der Waals surface area contributed by atoms with Crippen molar-refractivity contribution in [2.75, 3.05) is 53.0 Å². The van der Waals surface area contributed by atoms with Crippen LogP contribution >= 0.6 is 24.0 Å². The fourth-order valence-corrected chi connectivity index (χ4v) is 5.89. The Morgan fingerprint density at radius 3 is 2.61 bits per heavy atom. The summed E-state index contributed by atoms with van der Waals surface area (Å²) in [5.41, 5.74) is 0.341. The molecule has 2 aliphatic carbocycles. The van der Waals surface area contributed by atoms with E-state index < -0.39 is 0 Å². The second kappa shape index (κ2) is 10.3. The van der Waals surface area contributed by atoms with E-state index in [4.69, 9.17) is 9.47 Å². The number of aliphatic imine (C=N–C) groups is 1. The molecule has 0 aromatic heterocycles. The van der Waals surface area contributed by atoms with Gasteiger partial charge in [0.05, 0.1) is 19.3 Å². The van der Waals surface area contributed by atoms with Crippen LogP contribution in [0.4, 0.5) is 0 Å². The number of nitrogens with zero attached hydrogens (tertiary/aromatic N) is 3. The van der Waals surface area contributed by atoms with Crippen molar-refractivity contribution in [2.45, 2.75) is 70.1 Å². The highest BCUT2D eigenvalue weighted by Gasteiger charge is 2.56. The lowest BCUT2D eigenvalue weighted by Gasteiger charge is -2.58. The number of morpholine rings is 1. The molecule has 4 rings (SSSR count). The molecule has 1 spiro atoms. The smallest absolute Gasteiger partial charge is 0.193 e. The van der Waals surface area contributed by atoms with Crippen LogP contribution in [0.5, 0.6) is 0 Å². The fraction of sp³-hybridized carbons (Fsp3) is 0.952. The normalized spacial score (nSPS) is 33.4. The van der Waals surface area contributed by atoms with Gasteiger partial charge in [0, 0.05) is 57.3 Å². The topological polar surface area (TPSA) is 49.3 Å². The average molecular weight is 506 g/mol. The molecule has 3 atom stereocenters. The lowest BCUT2D eigenvalue weighted by molar-refractivity contribution is -0.146. The summed E-state index contributed by atoms with van der Waals surface area (Å²) in [6, 6.07) is 1.17.